The molecular formula is C19H28N2O2S. The topological polar surface area (TPSA) is 72.2 Å². The van der Waals surface area contributed by atoms with Gasteiger partial charge in [0, 0.05) is 10.8 Å². The van der Waals surface area contributed by atoms with E-state index in [1.807, 2.05) is 24.3 Å². The molecule has 0 bridgehead atoms. The molecule has 1 saturated carbocycles. The molecule has 0 aromatic heterocycles. The van der Waals surface area contributed by atoms with Crippen LogP contribution in [-0.2, 0) is 9.59 Å². The van der Waals surface area contributed by atoms with Crippen LogP contribution in [0, 0.1) is 11.8 Å². The molecular weight excluding hydrogens is 320 g/mol. The van der Waals surface area contributed by atoms with Crippen molar-refractivity contribution in [2.45, 2.75) is 56.8 Å². The zero-order chi connectivity index (χ0) is 17.4. The summed E-state index contributed by atoms with van der Waals surface area (Å²) in [6.07, 6.45) is 8.14. The van der Waals surface area contributed by atoms with E-state index in [-0.39, 0.29) is 23.5 Å². The molecule has 4 nitrogen and oxygen atoms in total. The Morgan fingerprint density at radius 3 is 2.58 bits per heavy atom. The van der Waals surface area contributed by atoms with Crippen LogP contribution >= 0.6 is 11.8 Å². The number of rotatable bonds is 8. The molecule has 1 aliphatic rings. The van der Waals surface area contributed by atoms with E-state index in [9.17, 15) is 9.59 Å². The average molecular weight is 349 g/mol. The fourth-order valence-electron chi connectivity index (χ4n) is 3.29. The second-order valence-electron chi connectivity index (χ2n) is 6.60. The molecule has 0 spiro atoms. The number of amides is 2. The number of nitrogens with one attached hydrogen (secondary N) is 1. The van der Waals surface area contributed by atoms with Crippen molar-refractivity contribution in [3.63, 3.8) is 0 Å². The van der Waals surface area contributed by atoms with Gasteiger partial charge in [-0.15, -0.1) is 11.8 Å². The minimum Gasteiger partial charge on any atom is -0.369 e. The third-order valence-corrected chi connectivity index (χ3v) is 5.79. The van der Waals surface area contributed by atoms with Crippen molar-refractivity contribution >= 4 is 29.3 Å². The molecule has 0 heterocycles. The van der Waals surface area contributed by atoms with E-state index >= 15 is 0 Å². The van der Waals surface area contributed by atoms with Crippen LogP contribution in [0.15, 0.2) is 29.2 Å². The number of thioether (sulfide) groups is 1. The first-order valence-corrected chi connectivity index (χ1v) is 9.89. The zero-order valence-corrected chi connectivity index (χ0v) is 15.2. The highest BCUT2D eigenvalue weighted by molar-refractivity contribution is 8.00. The molecule has 2 amide bonds. The van der Waals surface area contributed by atoms with Gasteiger partial charge in [0.2, 0.25) is 11.8 Å². The number of hydrogen-bond donors (Lipinski definition) is 2. The summed E-state index contributed by atoms with van der Waals surface area (Å²) in [5.74, 6) is 0.877. The molecule has 132 valence electrons. The smallest absolute Gasteiger partial charge is 0.227 e. The van der Waals surface area contributed by atoms with E-state index in [1.54, 1.807) is 0 Å². The van der Waals surface area contributed by atoms with Crippen molar-refractivity contribution in [3.8, 4) is 0 Å². The van der Waals surface area contributed by atoms with Gasteiger partial charge in [-0.2, -0.15) is 0 Å². The number of unbranched alkanes of at least 4 members (excludes halogenated alkanes) is 1. The van der Waals surface area contributed by atoms with Crippen LogP contribution in [0.1, 0.15) is 51.9 Å². The zero-order valence-electron chi connectivity index (χ0n) is 14.4. The standard InChI is InChI=1S/C19H28N2O2S/c1-2-3-6-14-9-11-15(12-10-14)19(23)21-16-7-4-5-8-17(16)24-13-18(20)22/h4-5,7-8,14-15H,2-3,6,9-13H2,1H3,(H2,20,22)(H,21,23). The number of anilines is 1. The molecule has 2 rings (SSSR count). The predicted octanol–water partition coefficient (Wildman–Crippen LogP) is 4.20. The lowest BCUT2D eigenvalue weighted by atomic mass is 9.79. The highest BCUT2D eigenvalue weighted by Gasteiger charge is 2.26. The van der Waals surface area contributed by atoms with Gasteiger partial charge in [-0.25, -0.2) is 0 Å². The predicted molar refractivity (Wildman–Crippen MR) is 100.0 cm³/mol. The van der Waals surface area contributed by atoms with E-state index < -0.39 is 0 Å². The van der Waals surface area contributed by atoms with Gasteiger partial charge >= 0.3 is 0 Å². The van der Waals surface area contributed by atoms with Gasteiger partial charge in [-0.05, 0) is 43.7 Å². The van der Waals surface area contributed by atoms with Crippen LogP contribution in [-0.4, -0.2) is 17.6 Å². The minimum absolute atomic E-state index is 0.107. The van der Waals surface area contributed by atoms with E-state index in [1.165, 1.54) is 31.0 Å². The lowest BCUT2D eigenvalue weighted by Gasteiger charge is -2.28. The normalized spacial score (nSPS) is 20.5. The molecule has 5 heteroatoms. The van der Waals surface area contributed by atoms with Crippen molar-refractivity contribution in [1.29, 1.82) is 0 Å². The molecule has 0 saturated heterocycles. The van der Waals surface area contributed by atoms with E-state index in [2.05, 4.69) is 12.2 Å². The number of hydrogen-bond acceptors (Lipinski definition) is 3. The summed E-state index contributed by atoms with van der Waals surface area (Å²) >= 11 is 1.36. The van der Waals surface area contributed by atoms with Crippen molar-refractivity contribution in [2.24, 2.45) is 17.6 Å². The van der Waals surface area contributed by atoms with Crippen LogP contribution in [0.2, 0.25) is 0 Å². The van der Waals surface area contributed by atoms with Crippen molar-refractivity contribution in [1.82, 2.24) is 0 Å². The number of para-hydroxylation sites is 1. The summed E-state index contributed by atoms with van der Waals surface area (Å²) in [4.78, 5) is 24.4. The third kappa shape index (κ3) is 5.86. The Hall–Kier alpha value is -1.49. The first-order chi connectivity index (χ1) is 11.6. The lowest BCUT2D eigenvalue weighted by Crippen LogP contribution is -2.27. The summed E-state index contributed by atoms with van der Waals surface area (Å²) < 4.78 is 0. The molecule has 0 radical (unpaired) electrons. The molecule has 1 aromatic rings. The highest BCUT2D eigenvalue weighted by atomic mass is 32.2. The number of nitrogens with two attached hydrogens (primary N) is 1. The summed E-state index contributed by atoms with van der Waals surface area (Å²) in [7, 11) is 0. The van der Waals surface area contributed by atoms with Crippen LogP contribution in [0.4, 0.5) is 5.69 Å². The van der Waals surface area contributed by atoms with Gasteiger partial charge in [0.05, 0.1) is 11.4 Å². The lowest BCUT2D eigenvalue weighted by molar-refractivity contribution is -0.121. The minimum atomic E-state index is -0.355. The number of primary amides is 1. The Kier molecular flexibility index (Phi) is 7.63. The second kappa shape index (κ2) is 9.72. The summed E-state index contributed by atoms with van der Waals surface area (Å²) in [6.45, 7) is 2.23. The average Bonchev–Trinajstić information content (AvgIpc) is 2.59. The molecule has 0 unspecified atom stereocenters. The van der Waals surface area contributed by atoms with Gasteiger partial charge in [0.25, 0.3) is 0 Å². The van der Waals surface area contributed by atoms with Gasteiger partial charge in [-0.3, -0.25) is 9.59 Å². The number of carbonyl (C=O) groups excluding carboxylic acids is 2. The summed E-state index contributed by atoms with van der Waals surface area (Å²) in [6, 6.07) is 7.59. The Labute approximate surface area is 149 Å². The molecule has 1 aliphatic carbocycles. The largest absolute Gasteiger partial charge is 0.369 e. The van der Waals surface area contributed by atoms with E-state index in [0.29, 0.717) is 0 Å². The Morgan fingerprint density at radius 2 is 1.92 bits per heavy atom. The van der Waals surface area contributed by atoms with Crippen LogP contribution in [0.25, 0.3) is 0 Å². The second-order valence-corrected chi connectivity index (χ2v) is 7.62. The fourth-order valence-corrected chi connectivity index (χ4v) is 4.03. The van der Waals surface area contributed by atoms with Crippen LogP contribution < -0.4 is 11.1 Å². The van der Waals surface area contributed by atoms with Crippen molar-refractivity contribution < 1.29 is 9.59 Å². The monoisotopic (exact) mass is 348 g/mol. The van der Waals surface area contributed by atoms with E-state index in [4.69, 9.17) is 5.73 Å². The van der Waals surface area contributed by atoms with Gasteiger partial charge < -0.3 is 11.1 Å². The molecule has 0 atom stereocenters. The van der Waals surface area contributed by atoms with E-state index in [0.717, 1.165) is 42.2 Å². The van der Waals surface area contributed by atoms with Gasteiger partial charge in [-0.1, -0.05) is 38.3 Å². The first kappa shape index (κ1) is 18.8. The molecule has 3 N–H and O–H groups in total. The highest BCUT2D eigenvalue weighted by Crippen LogP contribution is 2.33. The van der Waals surface area contributed by atoms with Gasteiger partial charge in [0.15, 0.2) is 0 Å². The summed E-state index contributed by atoms with van der Waals surface area (Å²) in [5, 5.41) is 3.05. The quantitative estimate of drug-likeness (QED) is 0.692. The van der Waals surface area contributed by atoms with Crippen LogP contribution in [0.3, 0.4) is 0 Å². The SMILES string of the molecule is CCCCC1CCC(C(=O)Nc2ccccc2SCC(N)=O)CC1. The Morgan fingerprint density at radius 1 is 1.21 bits per heavy atom. The molecule has 1 fully saturated rings. The fraction of sp³-hybridized carbons (Fsp3) is 0.579. The molecule has 1 aromatic carbocycles. The van der Waals surface area contributed by atoms with Crippen LogP contribution in [0.5, 0.6) is 0 Å². The number of carbonyl (C=O) groups is 2. The maximum Gasteiger partial charge on any atom is 0.227 e. The third-order valence-electron chi connectivity index (χ3n) is 4.70. The summed E-state index contributed by atoms with van der Waals surface area (Å²) in [5.41, 5.74) is 5.99. The van der Waals surface area contributed by atoms with Crippen molar-refractivity contribution in [3.05, 3.63) is 24.3 Å². The first-order valence-electron chi connectivity index (χ1n) is 8.91. The maximum atomic E-state index is 12.6. The van der Waals surface area contributed by atoms with Gasteiger partial charge in [0.1, 0.15) is 0 Å². The Balaban J connectivity index is 1.88. The molecule has 24 heavy (non-hydrogen) atoms. The Bertz CT molecular complexity index is 554. The maximum absolute atomic E-state index is 12.6. The van der Waals surface area contributed by atoms with Crippen molar-refractivity contribution in [2.75, 3.05) is 11.1 Å². The number of benzene rings is 1. The molecule has 0 aliphatic heterocycles.